The number of hydrogen-bond donors (Lipinski definition) is 0. The highest BCUT2D eigenvalue weighted by molar-refractivity contribution is 5.98. The summed E-state index contributed by atoms with van der Waals surface area (Å²) in [6.07, 6.45) is 0. The van der Waals surface area contributed by atoms with Crippen LogP contribution in [0.3, 0.4) is 0 Å². The maximum atomic E-state index is 12.7. The van der Waals surface area contributed by atoms with E-state index in [1.54, 1.807) is 13.2 Å². The largest absolute Gasteiger partial charge is 0.497 e. The Morgan fingerprint density at radius 1 is 1.00 bits per heavy atom. The molecule has 6 nitrogen and oxygen atoms in total. The Hall–Kier alpha value is -2.73. The van der Waals surface area contributed by atoms with Gasteiger partial charge in [-0.15, -0.1) is 0 Å². The maximum Gasteiger partial charge on any atom is 0.176 e. The Morgan fingerprint density at radius 3 is 2.56 bits per heavy atom. The van der Waals surface area contributed by atoms with Crippen LogP contribution in [0.15, 0.2) is 42.5 Å². The van der Waals surface area contributed by atoms with Gasteiger partial charge in [0.1, 0.15) is 19.0 Å². The third-order valence-electron chi connectivity index (χ3n) is 5.02. The summed E-state index contributed by atoms with van der Waals surface area (Å²) < 4.78 is 16.4. The first kappa shape index (κ1) is 17.7. The average Bonchev–Trinajstić information content (AvgIpc) is 2.74. The van der Waals surface area contributed by atoms with E-state index in [0.29, 0.717) is 36.8 Å². The van der Waals surface area contributed by atoms with Crippen molar-refractivity contribution in [3.8, 4) is 17.2 Å². The van der Waals surface area contributed by atoms with Crippen molar-refractivity contribution in [3.05, 3.63) is 48.0 Å². The van der Waals surface area contributed by atoms with Crippen molar-refractivity contribution >= 4 is 11.5 Å². The number of nitrogens with zero attached hydrogens (tertiary/aromatic N) is 2. The van der Waals surface area contributed by atoms with Gasteiger partial charge in [-0.25, -0.2) is 0 Å². The fourth-order valence-electron chi connectivity index (χ4n) is 3.48. The first-order valence-electron chi connectivity index (χ1n) is 9.27. The van der Waals surface area contributed by atoms with E-state index in [0.717, 1.165) is 37.6 Å². The second kappa shape index (κ2) is 7.88. The first-order valence-corrected chi connectivity index (χ1v) is 9.27. The molecule has 2 aromatic rings. The number of Topliss-reactive ketones (excluding diaryl/α,β-unsaturated/α-hetero) is 1. The van der Waals surface area contributed by atoms with Crippen LogP contribution in [0.4, 0.5) is 5.69 Å². The molecule has 1 fully saturated rings. The van der Waals surface area contributed by atoms with Crippen molar-refractivity contribution in [2.24, 2.45) is 0 Å². The Balaban J connectivity index is 1.34. The third kappa shape index (κ3) is 4.01. The van der Waals surface area contributed by atoms with Crippen molar-refractivity contribution < 1.29 is 19.0 Å². The number of ether oxygens (including phenoxy) is 3. The van der Waals surface area contributed by atoms with Crippen LogP contribution >= 0.6 is 0 Å². The van der Waals surface area contributed by atoms with E-state index in [4.69, 9.17) is 14.2 Å². The zero-order valence-corrected chi connectivity index (χ0v) is 15.5. The summed E-state index contributed by atoms with van der Waals surface area (Å²) in [6, 6.07) is 13.5. The Bertz CT molecular complexity index is 816. The minimum atomic E-state index is 0.113. The molecular formula is C21H24N2O4. The summed E-state index contributed by atoms with van der Waals surface area (Å²) >= 11 is 0. The quantitative estimate of drug-likeness (QED) is 0.756. The lowest BCUT2D eigenvalue weighted by atomic mass is 10.1. The average molecular weight is 368 g/mol. The Morgan fingerprint density at radius 2 is 1.78 bits per heavy atom. The van der Waals surface area contributed by atoms with Crippen molar-refractivity contribution in [1.82, 2.24) is 4.90 Å². The second-order valence-corrected chi connectivity index (χ2v) is 6.75. The highest BCUT2D eigenvalue weighted by atomic mass is 16.6. The minimum absolute atomic E-state index is 0.113. The van der Waals surface area contributed by atoms with Crippen molar-refractivity contribution in [2.45, 2.75) is 0 Å². The van der Waals surface area contributed by atoms with Gasteiger partial charge < -0.3 is 19.1 Å². The lowest BCUT2D eigenvalue weighted by Gasteiger charge is -2.35. The van der Waals surface area contributed by atoms with Gasteiger partial charge in [0.25, 0.3) is 0 Å². The highest BCUT2D eigenvalue weighted by Crippen LogP contribution is 2.31. The number of carbonyl (C=O) groups excluding carboxylic acids is 1. The molecule has 4 rings (SSSR count). The molecule has 6 heteroatoms. The summed E-state index contributed by atoms with van der Waals surface area (Å²) in [5.74, 6) is 2.35. The van der Waals surface area contributed by atoms with Gasteiger partial charge in [-0.3, -0.25) is 9.69 Å². The van der Waals surface area contributed by atoms with E-state index >= 15 is 0 Å². The number of rotatable bonds is 5. The molecule has 0 radical (unpaired) electrons. The summed E-state index contributed by atoms with van der Waals surface area (Å²) in [5.41, 5.74) is 1.83. The lowest BCUT2D eigenvalue weighted by molar-refractivity contribution is 0.0925. The van der Waals surface area contributed by atoms with E-state index in [2.05, 4.69) is 21.9 Å². The number of piperazine rings is 1. The lowest BCUT2D eigenvalue weighted by Crippen LogP contribution is -2.48. The molecule has 0 spiro atoms. The molecule has 2 heterocycles. The van der Waals surface area contributed by atoms with Crippen LogP contribution in [0.2, 0.25) is 0 Å². The van der Waals surface area contributed by atoms with E-state index in [9.17, 15) is 4.79 Å². The highest BCUT2D eigenvalue weighted by Gasteiger charge is 2.21. The first-order chi connectivity index (χ1) is 13.2. The second-order valence-electron chi connectivity index (χ2n) is 6.75. The van der Waals surface area contributed by atoms with E-state index in [-0.39, 0.29) is 5.78 Å². The molecule has 142 valence electrons. The monoisotopic (exact) mass is 368 g/mol. The molecule has 0 saturated carbocycles. The van der Waals surface area contributed by atoms with Crippen LogP contribution in [0, 0.1) is 0 Å². The van der Waals surface area contributed by atoms with Gasteiger partial charge in [0.05, 0.1) is 13.7 Å². The topological polar surface area (TPSA) is 51.2 Å². The number of benzene rings is 2. The molecule has 2 aliphatic heterocycles. The number of hydrogen-bond acceptors (Lipinski definition) is 6. The number of methoxy groups -OCH3 is 1. The van der Waals surface area contributed by atoms with E-state index in [1.807, 2.05) is 24.3 Å². The van der Waals surface area contributed by atoms with Crippen molar-refractivity contribution in [3.63, 3.8) is 0 Å². The van der Waals surface area contributed by atoms with Gasteiger partial charge in [-0.05, 0) is 30.3 Å². The van der Waals surface area contributed by atoms with E-state index < -0.39 is 0 Å². The molecule has 0 N–H and O–H groups in total. The van der Waals surface area contributed by atoms with Crippen LogP contribution < -0.4 is 19.1 Å². The van der Waals surface area contributed by atoms with Crippen LogP contribution in [-0.4, -0.2) is 63.7 Å². The molecule has 1 saturated heterocycles. The molecule has 0 aromatic heterocycles. The Labute approximate surface area is 159 Å². The van der Waals surface area contributed by atoms with Gasteiger partial charge in [0.2, 0.25) is 0 Å². The molecule has 0 atom stereocenters. The van der Waals surface area contributed by atoms with Gasteiger partial charge in [-0.2, -0.15) is 0 Å². The van der Waals surface area contributed by atoms with Crippen LogP contribution in [0.1, 0.15) is 10.4 Å². The number of carbonyl (C=O) groups is 1. The van der Waals surface area contributed by atoms with E-state index in [1.165, 1.54) is 0 Å². The molecule has 0 aliphatic carbocycles. The smallest absolute Gasteiger partial charge is 0.176 e. The normalized spacial score (nSPS) is 16.9. The standard InChI is InChI=1S/C21H24N2O4/c1-25-18-4-2-3-17(14-18)23-9-7-22(8-10-23)15-19(24)16-5-6-20-21(13-16)27-12-11-26-20/h2-6,13-14H,7-12,15H2,1H3. The molecule has 0 unspecified atom stereocenters. The summed E-state index contributed by atoms with van der Waals surface area (Å²) in [4.78, 5) is 17.2. The fraction of sp³-hybridized carbons (Fsp3) is 0.381. The molecule has 27 heavy (non-hydrogen) atoms. The number of ketones is 1. The van der Waals surface area contributed by atoms with Crippen LogP contribution in [0.5, 0.6) is 17.2 Å². The van der Waals surface area contributed by atoms with Gasteiger partial charge in [-0.1, -0.05) is 6.07 Å². The van der Waals surface area contributed by atoms with Crippen LogP contribution in [-0.2, 0) is 0 Å². The third-order valence-corrected chi connectivity index (χ3v) is 5.02. The van der Waals surface area contributed by atoms with Crippen molar-refractivity contribution in [2.75, 3.05) is 57.9 Å². The molecule has 2 aliphatic rings. The zero-order chi connectivity index (χ0) is 18.6. The Kier molecular flexibility index (Phi) is 5.16. The van der Waals surface area contributed by atoms with Gasteiger partial charge >= 0.3 is 0 Å². The van der Waals surface area contributed by atoms with Gasteiger partial charge in [0.15, 0.2) is 17.3 Å². The molecule has 0 amide bonds. The van der Waals surface area contributed by atoms with Gasteiger partial charge in [0, 0.05) is 43.5 Å². The molecule has 0 bridgehead atoms. The predicted octanol–water partition coefficient (Wildman–Crippen LogP) is 2.47. The summed E-state index contributed by atoms with van der Waals surface area (Å²) in [5, 5.41) is 0. The fourth-order valence-corrected chi connectivity index (χ4v) is 3.48. The summed E-state index contributed by atoms with van der Waals surface area (Å²) in [7, 11) is 1.68. The number of fused-ring (bicyclic) bond motifs is 1. The zero-order valence-electron chi connectivity index (χ0n) is 15.5. The van der Waals surface area contributed by atoms with Crippen LogP contribution in [0.25, 0.3) is 0 Å². The predicted molar refractivity (Wildman–Crippen MR) is 103 cm³/mol. The SMILES string of the molecule is COc1cccc(N2CCN(CC(=O)c3ccc4c(c3)OCCO4)CC2)c1. The number of anilines is 1. The minimum Gasteiger partial charge on any atom is -0.497 e. The maximum absolute atomic E-state index is 12.7. The molecule has 2 aromatic carbocycles. The molecular weight excluding hydrogens is 344 g/mol. The summed E-state index contributed by atoms with van der Waals surface area (Å²) in [6.45, 7) is 4.99. The van der Waals surface area contributed by atoms with Crippen molar-refractivity contribution in [1.29, 1.82) is 0 Å².